The van der Waals surface area contributed by atoms with Crippen LogP contribution in [0.1, 0.15) is 36.0 Å². The number of carbonyl (C=O) groups excluding carboxylic acids is 1. The maximum Gasteiger partial charge on any atom is 0.304 e. The van der Waals surface area contributed by atoms with Gasteiger partial charge in [0.25, 0.3) is 6.23 Å². The lowest BCUT2D eigenvalue weighted by Gasteiger charge is -2.14. The van der Waals surface area contributed by atoms with E-state index in [2.05, 4.69) is 25.9 Å². The number of ether oxygens (including phenoxy) is 1. The Morgan fingerprint density at radius 3 is 2.92 bits per heavy atom. The molecule has 0 saturated carbocycles. The molecule has 0 amide bonds. The van der Waals surface area contributed by atoms with Crippen molar-refractivity contribution in [2.45, 2.75) is 20.1 Å². The molecule has 3 aromatic rings. The quantitative estimate of drug-likeness (QED) is 0.611. The van der Waals surface area contributed by atoms with Gasteiger partial charge in [0.1, 0.15) is 5.71 Å². The Kier molecular flexibility index (Phi) is 3.80. The van der Waals surface area contributed by atoms with Crippen molar-refractivity contribution in [1.82, 2.24) is 9.55 Å². The highest BCUT2D eigenvalue weighted by Gasteiger charge is 2.29. The third-order valence-electron chi connectivity index (χ3n) is 3.92. The Bertz CT molecular complexity index is 989. The molecule has 1 aromatic carbocycles. The monoisotopic (exact) mass is 399 g/mol. The molecule has 2 aromatic heterocycles. The van der Waals surface area contributed by atoms with E-state index in [1.807, 2.05) is 35.8 Å². The molecule has 1 aliphatic rings. The van der Waals surface area contributed by atoms with Crippen LogP contribution in [-0.2, 0) is 9.53 Å². The van der Waals surface area contributed by atoms with Crippen LogP contribution in [0.5, 0.6) is 0 Å². The molecule has 7 heteroatoms. The molecular formula is C18H14BrN3O3. The first-order valence-electron chi connectivity index (χ1n) is 7.68. The van der Waals surface area contributed by atoms with Gasteiger partial charge in [-0.25, -0.2) is 9.98 Å². The standard InChI is InChI=1S/C18H14BrN3O3/c1-10-9-20-17-18(25-11(2)23)21-16(15-4-3-7-24-15)13-8-12(19)5-6-14(13)22(10)17/h3-9,18H,1-2H3. The fourth-order valence-corrected chi connectivity index (χ4v) is 3.29. The molecule has 0 bridgehead atoms. The number of aromatic nitrogens is 2. The maximum atomic E-state index is 11.6. The van der Waals surface area contributed by atoms with Gasteiger partial charge in [0.15, 0.2) is 11.6 Å². The van der Waals surface area contributed by atoms with Crippen molar-refractivity contribution in [3.05, 3.63) is 70.1 Å². The van der Waals surface area contributed by atoms with Gasteiger partial charge in [0, 0.05) is 28.9 Å². The van der Waals surface area contributed by atoms with Crippen molar-refractivity contribution in [3.63, 3.8) is 0 Å². The molecule has 1 aliphatic heterocycles. The van der Waals surface area contributed by atoms with Gasteiger partial charge in [0.2, 0.25) is 0 Å². The second-order valence-electron chi connectivity index (χ2n) is 5.67. The van der Waals surface area contributed by atoms with E-state index in [-0.39, 0.29) is 0 Å². The number of carbonyl (C=O) groups is 1. The summed E-state index contributed by atoms with van der Waals surface area (Å²) in [6.07, 6.45) is 2.48. The summed E-state index contributed by atoms with van der Waals surface area (Å²) < 4.78 is 13.9. The summed E-state index contributed by atoms with van der Waals surface area (Å²) in [5.74, 6) is 0.727. The normalized spacial score (nSPS) is 15.8. The average molecular weight is 400 g/mol. The zero-order valence-corrected chi connectivity index (χ0v) is 15.1. The molecule has 25 heavy (non-hydrogen) atoms. The summed E-state index contributed by atoms with van der Waals surface area (Å²) >= 11 is 3.52. The highest BCUT2D eigenvalue weighted by atomic mass is 79.9. The summed E-state index contributed by atoms with van der Waals surface area (Å²) in [4.78, 5) is 20.7. The summed E-state index contributed by atoms with van der Waals surface area (Å²) in [6, 6.07) is 9.52. The lowest BCUT2D eigenvalue weighted by Crippen LogP contribution is -2.12. The number of hydrogen-bond acceptors (Lipinski definition) is 5. The van der Waals surface area contributed by atoms with Gasteiger partial charge in [-0.1, -0.05) is 15.9 Å². The number of rotatable bonds is 2. The van der Waals surface area contributed by atoms with Gasteiger partial charge in [-0.05, 0) is 37.3 Å². The zero-order chi connectivity index (χ0) is 17.6. The molecule has 0 saturated heterocycles. The third-order valence-corrected chi connectivity index (χ3v) is 4.41. The molecule has 3 heterocycles. The second kappa shape index (κ2) is 6.00. The number of imidazole rings is 1. The minimum Gasteiger partial charge on any atom is -0.463 e. The number of hydrogen-bond donors (Lipinski definition) is 0. The fourth-order valence-electron chi connectivity index (χ4n) is 2.93. The number of benzene rings is 1. The Morgan fingerprint density at radius 1 is 1.36 bits per heavy atom. The summed E-state index contributed by atoms with van der Waals surface area (Å²) in [5.41, 5.74) is 3.29. The Hall–Kier alpha value is -2.67. The summed E-state index contributed by atoms with van der Waals surface area (Å²) in [7, 11) is 0. The van der Waals surface area contributed by atoms with Gasteiger partial charge in [0.05, 0.1) is 12.0 Å². The van der Waals surface area contributed by atoms with Crippen LogP contribution in [-0.4, -0.2) is 21.2 Å². The van der Waals surface area contributed by atoms with Crippen LogP contribution in [0.4, 0.5) is 0 Å². The third kappa shape index (κ3) is 2.70. The van der Waals surface area contributed by atoms with E-state index in [1.165, 1.54) is 6.92 Å². The van der Waals surface area contributed by atoms with Crippen molar-refractivity contribution < 1.29 is 13.9 Å². The fraction of sp³-hybridized carbons (Fsp3) is 0.167. The molecule has 0 N–H and O–H groups in total. The molecule has 4 rings (SSSR count). The Labute approximate surface area is 152 Å². The topological polar surface area (TPSA) is 69.6 Å². The van der Waals surface area contributed by atoms with E-state index in [9.17, 15) is 4.79 Å². The number of nitrogens with zero attached hydrogens (tertiary/aromatic N) is 3. The van der Waals surface area contributed by atoms with E-state index >= 15 is 0 Å². The molecule has 0 radical (unpaired) electrons. The maximum absolute atomic E-state index is 11.6. The minimum atomic E-state index is -0.850. The lowest BCUT2D eigenvalue weighted by molar-refractivity contribution is -0.146. The highest BCUT2D eigenvalue weighted by molar-refractivity contribution is 9.10. The first-order chi connectivity index (χ1) is 12.0. The highest BCUT2D eigenvalue weighted by Crippen LogP contribution is 2.33. The predicted molar refractivity (Wildman–Crippen MR) is 94.9 cm³/mol. The van der Waals surface area contributed by atoms with Gasteiger partial charge < -0.3 is 9.15 Å². The van der Waals surface area contributed by atoms with Crippen molar-refractivity contribution in [3.8, 4) is 5.69 Å². The van der Waals surface area contributed by atoms with Crippen molar-refractivity contribution >= 4 is 27.6 Å². The number of esters is 1. The molecule has 1 atom stereocenters. The van der Waals surface area contributed by atoms with Crippen LogP contribution in [0.3, 0.4) is 0 Å². The number of fused-ring (bicyclic) bond motifs is 3. The molecule has 126 valence electrons. The number of halogens is 1. The van der Waals surface area contributed by atoms with E-state index < -0.39 is 12.2 Å². The molecule has 0 fully saturated rings. The largest absolute Gasteiger partial charge is 0.463 e. The average Bonchev–Trinajstić information content (AvgIpc) is 3.19. The first kappa shape index (κ1) is 15.8. The van der Waals surface area contributed by atoms with Crippen LogP contribution < -0.4 is 0 Å². The number of aliphatic imine (C=N–C) groups is 1. The molecule has 0 spiro atoms. The van der Waals surface area contributed by atoms with E-state index in [4.69, 9.17) is 9.15 Å². The molecule has 1 unspecified atom stereocenters. The van der Waals surface area contributed by atoms with Crippen LogP contribution in [0.25, 0.3) is 5.69 Å². The van der Waals surface area contributed by atoms with E-state index in [0.29, 0.717) is 17.3 Å². The Morgan fingerprint density at radius 2 is 2.20 bits per heavy atom. The van der Waals surface area contributed by atoms with Crippen LogP contribution in [0, 0.1) is 6.92 Å². The summed E-state index contributed by atoms with van der Waals surface area (Å²) in [6.45, 7) is 3.31. The van der Waals surface area contributed by atoms with Gasteiger partial charge in [-0.2, -0.15) is 0 Å². The molecule has 6 nitrogen and oxygen atoms in total. The first-order valence-corrected chi connectivity index (χ1v) is 8.47. The molecule has 0 aliphatic carbocycles. The SMILES string of the molecule is CC(=O)OC1N=C(c2ccco2)c2cc(Br)ccc2-n2c(C)cnc21. The smallest absolute Gasteiger partial charge is 0.304 e. The van der Waals surface area contributed by atoms with E-state index in [0.717, 1.165) is 21.4 Å². The van der Waals surface area contributed by atoms with Crippen molar-refractivity contribution in [2.24, 2.45) is 4.99 Å². The van der Waals surface area contributed by atoms with Gasteiger partial charge >= 0.3 is 5.97 Å². The number of aryl methyl sites for hydroxylation is 1. The van der Waals surface area contributed by atoms with Crippen LogP contribution in [0.2, 0.25) is 0 Å². The summed E-state index contributed by atoms with van der Waals surface area (Å²) in [5, 5.41) is 0. The lowest BCUT2D eigenvalue weighted by atomic mass is 10.1. The van der Waals surface area contributed by atoms with Crippen molar-refractivity contribution in [1.29, 1.82) is 0 Å². The number of furan rings is 1. The zero-order valence-electron chi connectivity index (χ0n) is 13.6. The van der Waals surface area contributed by atoms with Crippen LogP contribution >= 0.6 is 15.9 Å². The van der Waals surface area contributed by atoms with Crippen molar-refractivity contribution in [2.75, 3.05) is 0 Å². The van der Waals surface area contributed by atoms with E-state index in [1.54, 1.807) is 18.5 Å². The molecular weight excluding hydrogens is 386 g/mol. The minimum absolute atomic E-state index is 0.424. The van der Waals surface area contributed by atoms with Crippen LogP contribution in [0.15, 0.2) is 56.7 Å². The van der Waals surface area contributed by atoms with Gasteiger partial charge in [-0.3, -0.25) is 9.36 Å². The Balaban J connectivity index is 2.04. The predicted octanol–water partition coefficient (Wildman–Crippen LogP) is 3.95. The van der Waals surface area contributed by atoms with Gasteiger partial charge in [-0.15, -0.1) is 0 Å². The second-order valence-corrected chi connectivity index (χ2v) is 6.59.